The smallest absolute Gasteiger partial charge is 0.462 e. The highest BCUT2D eigenvalue weighted by molar-refractivity contribution is 7.20. The molecule has 0 radical (unpaired) electrons. The molecule has 2 rings (SSSR count). The van der Waals surface area contributed by atoms with Gasteiger partial charge in [-0.25, -0.2) is 18.4 Å². The van der Waals surface area contributed by atoms with E-state index in [0.717, 1.165) is 0 Å². The van der Waals surface area contributed by atoms with E-state index in [-0.39, 0.29) is 18.0 Å². The number of hydrogen-bond donors (Lipinski definition) is 0. The Hall–Kier alpha value is -2.28. The molecule has 7 nitrogen and oxygen atoms in total. The minimum atomic E-state index is -4.96. The summed E-state index contributed by atoms with van der Waals surface area (Å²) in [7, 11) is 0. The van der Waals surface area contributed by atoms with Gasteiger partial charge in [0.1, 0.15) is 9.71 Å². The zero-order valence-electron chi connectivity index (χ0n) is 14.6. The standard InChI is InChI=1S/C15H15F5N2O5S/c1-3-21-11(23)8-7(10(16)17)9(13(24)26-4-2)28-12(8)22(14(21)25)5-6-27-15(18,19)20/h10H,3-6H2,1-2H3. The maximum absolute atomic E-state index is 13.6. The van der Waals surface area contributed by atoms with Crippen LogP contribution >= 0.6 is 11.3 Å². The van der Waals surface area contributed by atoms with Crippen LogP contribution in [0.5, 0.6) is 0 Å². The quantitative estimate of drug-likeness (QED) is 0.499. The first-order valence-electron chi connectivity index (χ1n) is 7.99. The van der Waals surface area contributed by atoms with Gasteiger partial charge in [0.25, 0.3) is 12.0 Å². The van der Waals surface area contributed by atoms with Crippen LogP contribution in [0.3, 0.4) is 0 Å². The van der Waals surface area contributed by atoms with Crippen LogP contribution in [0.15, 0.2) is 9.59 Å². The van der Waals surface area contributed by atoms with Gasteiger partial charge in [0.05, 0.1) is 30.7 Å². The zero-order chi connectivity index (χ0) is 21.2. The van der Waals surface area contributed by atoms with Crippen molar-refractivity contribution in [3.63, 3.8) is 0 Å². The molecule has 0 aliphatic carbocycles. The molecule has 0 amide bonds. The van der Waals surface area contributed by atoms with E-state index in [1.165, 1.54) is 13.8 Å². The highest BCUT2D eigenvalue weighted by atomic mass is 32.1. The number of halogens is 5. The summed E-state index contributed by atoms with van der Waals surface area (Å²) in [5.74, 6) is -1.12. The first kappa shape index (κ1) is 22.0. The SMILES string of the molecule is CCOC(=O)c1sc2c(c1C(F)F)c(=O)n(CC)c(=O)n2CCOC(F)(F)F. The molecule has 0 spiro atoms. The molecular weight excluding hydrogens is 415 g/mol. The molecule has 28 heavy (non-hydrogen) atoms. The number of rotatable bonds is 7. The summed E-state index contributed by atoms with van der Waals surface area (Å²) >= 11 is 0.391. The molecule has 13 heteroatoms. The predicted molar refractivity (Wildman–Crippen MR) is 88.9 cm³/mol. The van der Waals surface area contributed by atoms with Gasteiger partial charge < -0.3 is 4.74 Å². The maximum Gasteiger partial charge on any atom is 0.522 e. The van der Waals surface area contributed by atoms with Crippen molar-refractivity contribution in [2.24, 2.45) is 0 Å². The van der Waals surface area contributed by atoms with Crippen LogP contribution in [0, 0.1) is 0 Å². The van der Waals surface area contributed by atoms with E-state index in [0.29, 0.717) is 20.5 Å². The molecule has 2 heterocycles. The predicted octanol–water partition coefficient (Wildman–Crippen LogP) is 2.90. The third kappa shape index (κ3) is 4.24. The Kier molecular flexibility index (Phi) is 6.59. The summed E-state index contributed by atoms with van der Waals surface area (Å²) in [6.07, 6.45) is -8.20. The highest BCUT2D eigenvalue weighted by Crippen LogP contribution is 2.36. The van der Waals surface area contributed by atoms with Gasteiger partial charge in [0.15, 0.2) is 0 Å². The summed E-state index contributed by atoms with van der Waals surface area (Å²) in [5, 5.41) is -0.600. The minimum absolute atomic E-state index is 0.124. The number of ether oxygens (including phenoxy) is 2. The Labute approximate surface area is 157 Å². The molecule has 0 bridgehead atoms. The largest absolute Gasteiger partial charge is 0.522 e. The Bertz CT molecular complexity index is 992. The summed E-state index contributed by atoms with van der Waals surface area (Å²) in [6, 6.07) is 0. The molecule has 0 fully saturated rings. The molecule has 0 atom stereocenters. The van der Waals surface area contributed by atoms with E-state index in [9.17, 15) is 36.3 Å². The van der Waals surface area contributed by atoms with Crippen molar-refractivity contribution >= 4 is 27.5 Å². The zero-order valence-corrected chi connectivity index (χ0v) is 15.5. The summed E-state index contributed by atoms with van der Waals surface area (Å²) in [5.41, 5.74) is -2.96. The Balaban J connectivity index is 2.78. The second-order valence-corrected chi connectivity index (χ2v) is 6.32. The number of nitrogens with zero attached hydrogens (tertiary/aromatic N) is 2. The number of aromatic nitrogens is 2. The van der Waals surface area contributed by atoms with Crippen molar-refractivity contribution in [1.82, 2.24) is 9.13 Å². The van der Waals surface area contributed by atoms with Gasteiger partial charge in [-0.15, -0.1) is 24.5 Å². The van der Waals surface area contributed by atoms with Gasteiger partial charge in [-0.3, -0.25) is 18.7 Å². The molecule has 0 aromatic carbocycles. The molecule has 0 aliphatic rings. The van der Waals surface area contributed by atoms with E-state index in [1.807, 2.05) is 0 Å². The van der Waals surface area contributed by atoms with E-state index in [2.05, 4.69) is 4.74 Å². The van der Waals surface area contributed by atoms with Gasteiger partial charge in [-0.2, -0.15) is 0 Å². The van der Waals surface area contributed by atoms with E-state index >= 15 is 0 Å². The van der Waals surface area contributed by atoms with Gasteiger partial charge in [0.2, 0.25) is 0 Å². The molecule has 156 valence electrons. The van der Waals surface area contributed by atoms with Crippen LogP contribution in [-0.2, 0) is 22.6 Å². The number of carbonyl (C=O) groups is 1. The van der Waals surface area contributed by atoms with E-state index in [1.54, 1.807) is 0 Å². The molecule has 0 N–H and O–H groups in total. The Morgan fingerprint density at radius 3 is 2.32 bits per heavy atom. The number of carbonyl (C=O) groups excluding carboxylic acids is 1. The molecule has 0 aliphatic heterocycles. The fourth-order valence-corrected chi connectivity index (χ4v) is 3.78. The van der Waals surface area contributed by atoms with Crippen LogP contribution in [0.2, 0.25) is 0 Å². The first-order valence-corrected chi connectivity index (χ1v) is 8.81. The van der Waals surface area contributed by atoms with Crippen molar-refractivity contribution in [1.29, 1.82) is 0 Å². The summed E-state index contributed by atoms with van der Waals surface area (Å²) in [6.45, 7) is 0.855. The number of esters is 1. The van der Waals surface area contributed by atoms with Crippen LogP contribution in [-0.4, -0.2) is 34.7 Å². The highest BCUT2D eigenvalue weighted by Gasteiger charge is 2.32. The van der Waals surface area contributed by atoms with Gasteiger partial charge >= 0.3 is 18.0 Å². The number of alkyl halides is 5. The third-order valence-corrected chi connectivity index (χ3v) is 4.88. The van der Waals surface area contributed by atoms with Crippen LogP contribution in [0.4, 0.5) is 22.0 Å². The lowest BCUT2D eigenvalue weighted by Crippen LogP contribution is -2.40. The van der Waals surface area contributed by atoms with Crippen LogP contribution < -0.4 is 11.2 Å². The number of thiophene rings is 1. The summed E-state index contributed by atoms with van der Waals surface area (Å²) in [4.78, 5) is 36.1. The van der Waals surface area contributed by atoms with Crippen LogP contribution in [0.1, 0.15) is 35.5 Å². The first-order chi connectivity index (χ1) is 13.0. The molecule has 2 aromatic rings. The average Bonchev–Trinajstić information content (AvgIpc) is 2.98. The number of fused-ring (bicyclic) bond motifs is 1. The molecule has 0 saturated heterocycles. The Morgan fingerprint density at radius 2 is 1.82 bits per heavy atom. The van der Waals surface area contributed by atoms with Crippen molar-refractivity contribution in [3.05, 3.63) is 31.3 Å². The minimum Gasteiger partial charge on any atom is -0.462 e. The van der Waals surface area contributed by atoms with Crippen molar-refractivity contribution < 1.29 is 36.2 Å². The van der Waals surface area contributed by atoms with E-state index in [4.69, 9.17) is 4.74 Å². The lowest BCUT2D eigenvalue weighted by atomic mass is 10.2. The number of hydrogen-bond acceptors (Lipinski definition) is 6. The van der Waals surface area contributed by atoms with Gasteiger partial charge in [-0.05, 0) is 13.8 Å². The monoisotopic (exact) mass is 430 g/mol. The van der Waals surface area contributed by atoms with Gasteiger partial charge in [0, 0.05) is 6.54 Å². The second-order valence-electron chi connectivity index (χ2n) is 5.32. The van der Waals surface area contributed by atoms with Crippen molar-refractivity contribution in [3.8, 4) is 0 Å². The fourth-order valence-electron chi connectivity index (χ4n) is 2.57. The molecule has 2 aromatic heterocycles. The lowest BCUT2D eigenvalue weighted by Gasteiger charge is -2.12. The van der Waals surface area contributed by atoms with E-state index < -0.39 is 59.0 Å². The normalized spacial score (nSPS) is 12.1. The topological polar surface area (TPSA) is 79.5 Å². The molecule has 0 unspecified atom stereocenters. The maximum atomic E-state index is 13.6. The Morgan fingerprint density at radius 1 is 1.18 bits per heavy atom. The average molecular weight is 430 g/mol. The summed E-state index contributed by atoms with van der Waals surface area (Å²) < 4.78 is 73.6. The fraction of sp³-hybridized carbons (Fsp3) is 0.533. The van der Waals surface area contributed by atoms with Crippen LogP contribution in [0.25, 0.3) is 10.2 Å². The second kappa shape index (κ2) is 8.39. The van der Waals surface area contributed by atoms with Crippen molar-refractivity contribution in [2.75, 3.05) is 13.2 Å². The van der Waals surface area contributed by atoms with Crippen molar-refractivity contribution in [2.45, 2.75) is 39.7 Å². The lowest BCUT2D eigenvalue weighted by molar-refractivity contribution is -0.325. The third-order valence-electron chi connectivity index (χ3n) is 3.67. The van der Waals surface area contributed by atoms with Gasteiger partial charge in [-0.1, -0.05) is 0 Å². The molecular formula is C15H15F5N2O5S. The molecule has 0 saturated carbocycles.